The van der Waals surface area contributed by atoms with Crippen LogP contribution in [0.2, 0.25) is 0 Å². The molecule has 3 aromatic carbocycles. The highest BCUT2D eigenvalue weighted by molar-refractivity contribution is 6.09. The Labute approximate surface area is 230 Å². The molecule has 40 heavy (non-hydrogen) atoms. The van der Waals surface area contributed by atoms with E-state index >= 15 is 0 Å². The van der Waals surface area contributed by atoms with Crippen molar-refractivity contribution in [1.29, 1.82) is 0 Å². The van der Waals surface area contributed by atoms with Gasteiger partial charge in [0.05, 0.1) is 13.2 Å². The zero-order valence-corrected chi connectivity index (χ0v) is 21.4. The van der Waals surface area contributed by atoms with Gasteiger partial charge in [-0.3, -0.25) is 19.4 Å². The number of carbonyl (C=O) groups is 3. The van der Waals surface area contributed by atoms with Gasteiger partial charge in [0.25, 0.3) is 5.91 Å². The minimum Gasteiger partial charge on any atom is -0.378 e. The van der Waals surface area contributed by atoms with E-state index in [1.165, 1.54) is 0 Å². The maximum absolute atomic E-state index is 12.9. The lowest BCUT2D eigenvalue weighted by Crippen LogP contribution is -2.36. The standard InChI is InChI=1S/C30H24N6O4/c37-28(21-1-7-25(8-2-21)32-29(38)24-13-15-31-16-14-24)22-3-9-26(10-4-22)33-35-34-30(39)23-5-11-27(12-6-23)36-17-19-40-20-18-36/h1-16H,17-20H2/p+1. The average molecular weight is 534 g/mol. The number of morpholine rings is 1. The van der Waals surface area contributed by atoms with Crippen molar-refractivity contribution >= 4 is 34.7 Å². The third-order valence-corrected chi connectivity index (χ3v) is 6.26. The first-order chi connectivity index (χ1) is 19.6. The second kappa shape index (κ2) is 12.5. The van der Waals surface area contributed by atoms with Crippen LogP contribution in [-0.2, 0) is 4.74 Å². The van der Waals surface area contributed by atoms with Crippen molar-refractivity contribution in [1.82, 2.24) is 9.90 Å². The van der Waals surface area contributed by atoms with E-state index in [-0.39, 0.29) is 11.7 Å². The number of rotatable bonds is 7. The molecular weight excluding hydrogens is 508 g/mol. The minimum atomic E-state index is -0.496. The predicted octanol–water partition coefficient (Wildman–Crippen LogP) is 4.85. The van der Waals surface area contributed by atoms with Gasteiger partial charge in [0.2, 0.25) is 10.0 Å². The SMILES string of the molecule is O=C(N=[N+]=Nc1ccc(C(=O)c2ccc(NC(=O)c3ccncc3)cc2)cc1)c1ccc(N2CCOCC2)cc1. The Hall–Kier alpha value is -5.31. The van der Waals surface area contributed by atoms with E-state index in [4.69, 9.17) is 4.74 Å². The van der Waals surface area contributed by atoms with Crippen molar-refractivity contribution in [2.75, 3.05) is 36.5 Å². The fraction of sp³-hybridized carbons (Fsp3) is 0.133. The van der Waals surface area contributed by atoms with Crippen molar-refractivity contribution in [3.05, 3.63) is 120 Å². The van der Waals surface area contributed by atoms with Crippen LogP contribution in [0.25, 0.3) is 0 Å². The van der Waals surface area contributed by atoms with Gasteiger partial charge in [0, 0.05) is 59.1 Å². The zero-order chi connectivity index (χ0) is 27.7. The van der Waals surface area contributed by atoms with Gasteiger partial charge >= 0.3 is 5.91 Å². The summed E-state index contributed by atoms with van der Waals surface area (Å²) in [6.07, 6.45) is 3.09. The van der Waals surface area contributed by atoms with Crippen LogP contribution in [-0.4, -0.2) is 48.9 Å². The normalized spacial score (nSPS) is 12.7. The monoisotopic (exact) mass is 533 g/mol. The van der Waals surface area contributed by atoms with Gasteiger partial charge in [-0.15, -0.1) is 0 Å². The molecule has 198 valence electrons. The third kappa shape index (κ3) is 6.57. The van der Waals surface area contributed by atoms with Gasteiger partial charge in [-0.1, -0.05) is 0 Å². The zero-order valence-electron chi connectivity index (χ0n) is 21.4. The van der Waals surface area contributed by atoms with Crippen molar-refractivity contribution < 1.29 is 19.1 Å². The Kier molecular flexibility index (Phi) is 8.21. The highest BCUT2D eigenvalue weighted by Crippen LogP contribution is 2.19. The van der Waals surface area contributed by atoms with Crippen molar-refractivity contribution in [3.63, 3.8) is 0 Å². The number of hydrogen-bond acceptors (Lipinski definition) is 7. The molecule has 5 rings (SSSR count). The van der Waals surface area contributed by atoms with Crippen LogP contribution in [0.15, 0.2) is 108 Å². The first kappa shape index (κ1) is 26.3. The Morgan fingerprint density at radius 1 is 0.750 bits per heavy atom. The molecule has 0 atom stereocenters. The van der Waals surface area contributed by atoms with E-state index < -0.39 is 5.91 Å². The number of nitrogens with zero attached hydrogens (tertiary/aromatic N) is 5. The molecule has 2 heterocycles. The highest BCUT2D eigenvalue weighted by atomic mass is 16.5. The van der Waals surface area contributed by atoms with Crippen LogP contribution in [0, 0.1) is 0 Å². The molecule has 0 bridgehead atoms. The van der Waals surface area contributed by atoms with Crippen LogP contribution in [0.4, 0.5) is 17.1 Å². The lowest BCUT2D eigenvalue weighted by Gasteiger charge is -2.28. The first-order valence-corrected chi connectivity index (χ1v) is 12.6. The fourth-order valence-corrected chi connectivity index (χ4v) is 4.07. The second-order valence-electron chi connectivity index (χ2n) is 8.88. The van der Waals surface area contributed by atoms with Crippen LogP contribution in [0.1, 0.15) is 36.6 Å². The summed E-state index contributed by atoms with van der Waals surface area (Å²) in [5, 5.41) is 10.4. The molecule has 10 heteroatoms. The number of amides is 2. The maximum atomic E-state index is 12.9. The molecule has 1 N–H and O–H groups in total. The molecule has 2 amide bonds. The molecule has 1 aromatic heterocycles. The smallest absolute Gasteiger partial charge is 0.360 e. The second-order valence-corrected chi connectivity index (χ2v) is 8.88. The quantitative estimate of drug-likeness (QED) is 0.206. The highest BCUT2D eigenvalue weighted by Gasteiger charge is 2.14. The van der Waals surface area contributed by atoms with Gasteiger partial charge in [-0.05, 0) is 84.9 Å². The Morgan fingerprint density at radius 2 is 1.35 bits per heavy atom. The molecule has 0 unspecified atom stereocenters. The van der Waals surface area contributed by atoms with Gasteiger partial charge in [-0.25, -0.2) is 0 Å². The topological polar surface area (TPSA) is 127 Å². The lowest BCUT2D eigenvalue weighted by molar-refractivity contribution is 0.0990. The van der Waals surface area contributed by atoms with Gasteiger partial charge in [-0.2, -0.15) is 0 Å². The van der Waals surface area contributed by atoms with Gasteiger partial charge in [0.1, 0.15) is 0 Å². The molecule has 0 saturated carbocycles. The number of carbonyl (C=O) groups excluding carboxylic acids is 3. The van der Waals surface area contributed by atoms with E-state index in [0.717, 1.165) is 18.8 Å². The molecule has 1 saturated heterocycles. The van der Waals surface area contributed by atoms with Crippen LogP contribution in [0.3, 0.4) is 0 Å². The Balaban J connectivity index is 1.17. The van der Waals surface area contributed by atoms with E-state index in [2.05, 4.69) is 30.3 Å². The number of ketones is 1. The molecule has 1 fully saturated rings. The third-order valence-electron chi connectivity index (χ3n) is 6.26. The molecule has 1 aliphatic heterocycles. The fourth-order valence-electron chi connectivity index (χ4n) is 4.07. The van der Waals surface area contributed by atoms with E-state index in [9.17, 15) is 14.4 Å². The van der Waals surface area contributed by atoms with Gasteiger partial charge < -0.3 is 15.0 Å². The van der Waals surface area contributed by atoms with Crippen LogP contribution >= 0.6 is 0 Å². The number of benzene rings is 3. The summed E-state index contributed by atoms with van der Waals surface area (Å²) in [4.78, 5) is 47.3. The largest absolute Gasteiger partial charge is 0.378 e. The summed E-state index contributed by atoms with van der Waals surface area (Å²) >= 11 is 0. The number of aromatic nitrogens is 1. The molecule has 4 aromatic rings. The summed E-state index contributed by atoms with van der Waals surface area (Å²) in [5.41, 5.74) is 3.88. The van der Waals surface area contributed by atoms with Gasteiger partial charge in [0.15, 0.2) is 16.6 Å². The molecule has 0 aliphatic carbocycles. The molecule has 1 aliphatic rings. The summed E-state index contributed by atoms with van der Waals surface area (Å²) in [5.74, 6) is -0.943. The lowest BCUT2D eigenvalue weighted by atomic mass is 10.0. The maximum Gasteiger partial charge on any atom is 0.360 e. The Bertz CT molecular complexity index is 1560. The number of hydrogen-bond donors (Lipinski definition) is 1. The number of ether oxygens (including phenoxy) is 1. The minimum absolute atomic E-state index is 0.184. The summed E-state index contributed by atoms with van der Waals surface area (Å²) in [6.45, 7) is 3.01. The summed E-state index contributed by atoms with van der Waals surface area (Å²) in [6, 6.07) is 23.6. The summed E-state index contributed by atoms with van der Waals surface area (Å²) in [7, 11) is 0. The van der Waals surface area contributed by atoms with Crippen molar-refractivity contribution in [2.24, 2.45) is 10.2 Å². The van der Waals surface area contributed by atoms with Crippen LogP contribution in [0.5, 0.6) is 0 Å². The van der Waals surface area contributed by atoms with Crippen molar-refractivity contribution in [3.8, 4) is 0 Å². The first-order valence-electron chi connectivity index (χ1n) is 12.6. The average Bonchev–Trinajstić information content (AvgIpc) is 3.02. The molecular formula is C30H25N6O4+. The number of nitrogens with one attached hydrogen (secondary N) is 1. The molecule has 10 nitrogen and oxygen atoms in total. The van der Waals surface area contributed by atoms with Crippen LogP contribution < -0.4 is 15.1 Å². The van der Waals surface area contributed by atoms with Crippen molar-refractivity contribution in [2.45, 2.75) is 0 Å². The number of pyridine rings is 1. The summed E-state index contributed by atoms with van der Waals surface area (Å²) < 4.78 is 5.37. The number of anilines is 2. The molecule has 0 radical (unpaired) electrons. The van der Waals surface area contributed by atoms with E-state index in [0.29, 0.717) is 46.8 Å². The Morgan fingerprint density at radius 3 is 2.00 bits per heavy atom. The van der Waals surface area contributed by atoms with E-state index in [1.807, 2.05) is 12.1 Å². The van der Waals surface area contributed by atoms with E-state index in [1.54, 1.807) is 85.2 Å². The molecule has 0 spiro atoms. The predicted molar refractivity (Wildman–Crippen MR) is 149 cm³/mol.